The second-order valence-electron chi connectivity index (χ2n) is 7.41. The lowest BCUT2D eigenvalue weighted by molar-refractivity contribution is 0.0635. The van der Waals surface area contributed by atoms with E-state index in [0.717, 1.165) is 25.7 Å². The molecular weight excluding hydrogens is 370 g/mol. The second kappa shape index (κ2) is 8.96. The molecular formula is C19H24ClN3O4. The average molecular weight is 394 g/mol. The van der Waals surface area contributed by atoms with E-state index in [4.69, 9.17) is 21.4 Å². The first-order valence-corrected chi connectivity index (χ1v) is 9.17. The third kappa shape index (κ3) is 6.99. The molecule has 1 heterocycles. The predicted octanol–water partition coefficient (Wildman–Crippen LogP) is 4.26. The molecule has 3 N–H and O–H groups in total. The molecule has 0 atom stereocenters. The summed E-state index contributed by atoms with van der Waals surface area (Å²) >= 11 is 6.23. The fourth-order valence-electron chi connectivity index (χ4n) is 2.78. The molecule has 7 nitrogen and oxygen atoms in total. The fraction of sp³-hybridized carbons (Fsp3) is 0.526. The van der Waals surface area contributed by atoms with E-state index in [2.05, 4.69) is 27.5 Å². The van der Waals surface area contributed by atoms with Gasteiger partial charge in [-0.2, -0.15) is 0 Å². The van der Waals surface area contributed by atoms with Crippen LogP contribution in [0.3, 0.4) is 0 Å². The molecule has 0 radical (unpaired) electrons. The van der Waals surface area contributed by atoms with Crippen molar-refractivity contribution in [3.8, 4) is 11.8 Å². The third-order valence-electron chi connectivity index (χ3n) is 3.98. The summed E-state index contributed by atoms with van der Waals surface area (Å²) in [5.74, 6) is 6.59. The number of halogens is 1. The van der Waals surface area contributed by atoms with E-state index < -0.39 is 17.8 Å². The number of pyridine rings is 1. The van der Waals surface area contributed by atoms with Crippen molar-refractivity contribution < 1.29 is 19.4 Å². The van der Waals surface area contributed by atoms with E-state index in [1.165, 1.54) is 6.20 Å². The van der Waals surface area contributed by atoms with Gasteiger partial charge >= 0.3 is 12.2 Å². The highest BCUT2D eigenvalue weighted by atomic mass is 35.5. The molecule has 1 saturated carbocycles. The number of nitrogens with zero attached hydrogens (tertiary/aromatic N) is 1. The molecule has 1 aromatic rings. The molecule has 27 heavy (non-hydrogen) atoms. The van der Waals surface area contributed by atoms with Crippen molar-refractivity contribution in [3.05, 3.63) is 22.8 Å². The van der Waals surface area contributed by atoms with Crippen LogP contribution in [0.1, 0.15) is 52.0 Å². The van der Waals surface area contributed by atoms with Crippen LogP contribution in [0.5, 0.6) is 0 Å². The quantitative estimate of drug-likeness (QED) is 0.652. The Hall–Kier alpha value is -2.46. The number of anilines is 1. The number of hydrogen-bond acceptors (Lipinski definition) is 4. The van der Waals surface area contributed by atoms with Gasteiger partial charge in [-0.1, -0.05) is 23.4 Å². The van der Waals surface area contributed by atoms with Gasteiger partial charge in [0, 0.05) is 18.2 Å². The van der Waals surface area contributed by atoms with Gasteiger partial charge in [0.15, 0.2) is 5.82 Å². The van der Waals surface area contributed by atoms with Gasteiger partial charge in [-0.25, -0.2) is 14.6 Å². The van der Waals surface area contributed by atoms with Crippen LogP contribution in [-0.4, -0.2) is 33.9 Å². The average Bonchev–Trinajstić information content (AvgIpc) is 2.53. The molecule has 0 unspecified atom stereocenters. The van der Waals surface area contributed by atoms with Crippen LogP contribution in [0, 0.1) is 17.8 Å². The Morgan fingerprint density at radius 1 is 1.30 bits per heavy atom. The van der Waals surface area contributed by atoms with Gasteiger partial charge < -0.3 is 15.2 Å². The van der Waals surface area contributed by atoms with Crippen LogP contribution in [-0.2, 0) is 4.74 Å². The smallest absolute Gasteiger partial charge is 0.413 e. The van der Waals surface area contributed by atoms with Gasteiger partial charge in [-0.05, 0) is 52.5 Å². The Morgan fingerprint density at radius 2 is 1.96 bits per heavy atom. The summed E-state index contributed by atoms with van der Waals surface area (Å²) in [6.07, 6.45) is 2.95. The van der Waals surface area contributed by atoms with Crippen molar-refractivity contribution in [2.75, 3.05) is 5.32 Å². The molecule has 1 fully saturated rings. The largest absolute Gasteiger partial charge is 0.465 e. The molecule has 0 saturated heterocycles. The zero-order chi connectivity index (χ0) is 20.0. The molecule has 1 aromatic heterocycles. The predicted molar refractivity (Wildman–Crippen MR) is 103 cm³/mol. The molecule has 2 amide bonds. The number of carbonyl (C=O) groups is 2. The summed E-state index contributed by atoms with van der Waals surface area (Å²) in [5.41, 5.74) is -0.187. The summed E-state index contributed by atoms with van der Waals surface area (Å²) in [4.78, 5) is 26.9. The SMILES string of the molecule is CC(C)(C)OC(=O)Nc1nccc(Cl)c1C#CC1CCC(NC(=O)O)CC1. The van der Waals surface area contributed by atoms with Crippen molar-refractivity contribution in [3.63, 3.8) is 0 Å². The molecule has 1 aliphatic carbocycles. The van der Waals surface area contributed by atoms with Gasteiger partial charge in [0.2, 0.25) is 0 Å². The van der Waals surface area contributed by atoms with Gasteiger partial charge in [0.25, 0.3) is 0 Å². The molecule has 0 aliphatic heterocycles. The third-order valence-corrected chi connectivity index (χ3v) is 4.29. The molecule has 0 bridgehead atoms. The molecule has 0 spiro atoms. The van der Waals surface area contributed by atoms with Crippen LogP contribution in [0.25, 0.3) is 0 Å². The Morgan fingerprint density at radius 3 is 2.56 bits per heavy atom. The number of amides is 2. The highest BCUT2D eigenvalue weighted by Gasteiger charge is 2.21. The number of carboxylic acid groups (broad SMARTS) is 1. The Balaban J connectivity index is 2.06. The monoisotopic (exact) mass is 393 g/mol. The highest BCUT2D eigenvalue weighted by Crippen LogP contribution is 2.25. The normalized spacial score (nSPS) is 19.4. The topological polar surface area (TPSA) is 101 Å². The van der Waals surface area contributed by atoms with Gasteiger partial charge in [-0.3, -0.25) is 5.32 Å². The summed E-state index contributed by atoms with van der Waals surface area (Å²) < 4.78 is 5.24. The highest BCUT2D eigenvalue weighted by molar-refractivity contribution is 6.32. The van der Waals surface area contributed by atoms with Gasteiger partial charge in [0.05, 0.1) is 10.6 Å². The maximum absolute atomic E-state index is 12.0. The minimum atomic E-state index is -0.996. The Kier molecular flexibility index (Phi) is 6.92. The molecule has 146 valence electrons. The lowest BCUT2D eigenvalue weighted by Gasteiger charge is -2.25. The van der Waals surface area contributed by atoms with Gasteiger partial charge in [0.1, 0.15) is 5.60 Å². The van der Waals surface area contributed by atoms with Crippen LogP contribution in [0.15, 0.2) is 12.3 Å². The number of aromatic nitrogens is 1. The van der Waals surface area contributed by atoms with E-state index in [-0.39, 0.29) is 17.8 Å². The van der Waals surface area contributed by atoms with Gasteiger partial charge in [-0.15, -0.1) is 0 Å². The zero-order valence-electron chi connectivity index (χ0n) is 15.6. The number of ether oxygens (including phenoxy) is 1. The first-order chi connectivity index (χ1) is 12.6. The number of rotatable bonds is 2. The standard InChI is InChI=1S/C19H24ClN3O4/c1-19(2,3)27-18(26)23-16-14(15(20)10-11-21-16)9-6-12-4-7-13(8-5-12)22-17(24)25/h10-13,22H,4-5,7-8H2,1-3H3,(H,24,25)(H,21,23,26). The summed E-state index contributed by atoms with van der Waals surface area (Å²) in [5, 5.41) is 14.3. The van der Waals surface area contributed by atoms with E-state index in [1.54, 1.807) is 26.8 Å². The summed E-state index contributed by atoms with van der Waals surface area (Å²) in [7, 11) is 0. The minimum absolute atomic E-state index is 0.0214. The Bertz CT molecular complexity index is 756. The van der Waals surface area contributed by atoms with Crippen molar-refractivity contribution in [2.45, 2.75) is 58.1 Å². The van der Waals surface area contributed by atoms with Crippen molar-refractivity contribution in [1.29, 1.82) is 0 Å². The van der Waals surface area contributed by atoms with Crippen LogP contribution in [0.2, 0.25) is 5.02 Å². The van der Waals surface area contributed by atoms with Crippen LogP contribution >= 0.6 is 11.6 Å². The maximum Gasteiger partial charge on any atom is 0.413 e. The first kappa shape index (κ1) is 20.8. The van der Waals surface area contributed by atoms with E-state index in [0.29, 0.717) is 10.6 Å². The molecule has 2 rings (SSSR count). The van der Waals surface area contributed by atoms with E-state index in [9.17, 15) is 9.59 Å². The van der Waals surface area contributed by atoms with Crippen molar-refractivity contribution in [1.82, 2.24) is 10.3 Å². The lowest BCUT2D eigenvalue weighted by Crippen LogP contribution is -2.36. The Labute approximate surface area is 163 Å². The minimum Gasteiger partial charge on any atom is -0.465 e. The lowest BCUT2D eigenvalue weighted by atomic mass is 9.86. The number of nitrogens with one attached hydrogen (secondary N) is 2. The zero-order valence-corrected chi connectivity index (χ0v) is 16.4. The van der Waals surface area contributed by atoms with E-state index in [1.807, 2.05) is 0 Å². The summed E-state index contributed by atoms with van der Waals surface area (Å²) in [6.45, 7) is 5.32. The maximum atomic E-state index is 12.0. The van der Waals surface area contributed by atoms with Crippen molar-refractivity contribution >= 4 is 29.6 Å². The van der Waals surface area contributed by atoms with Crippen LogP contribution < -0.4 is 10.6 Å². The first-order valence-electron chi connectivity index (χ1n) is 8.79. The molecule has 1 aliphatic rings. The number of hydrogen-bond donors (Lipinski definition) is 3. The van der Waals surface area contributed by atoms with Crippen molar-refractivity contribution in [2.24, 2.45) is 5.92 Å². The number of carbonyl (C=O) groups excluding carboxylic acids is 1. The molecule has 8 heteroatoms. The van der Waals surface area contributed by atoms with Crippen LogP contribution in [0.4, 0.5) is 15.4 Å². The fourth-order valence-corrected chi connectivity index (χ4v) is 2.98. The molecule has 0 aromatic carbocycles. The summed E-state index contributed by atoms with van der Waals surface area (Å²) in [6, 6.07) is 1.59. The van der Waals surface area contributed by atoms with E-state index >= 15 is 0 Å². The second-order valence-corrected chi connectivity index (χ2v) is 7.82.